The molecule has 0 aromatic carbocycles. The SMILES string of the molecule is CC(O)C(CCC(C(=O)O)C1=CCCCC1)C(C)C(=O)O. The number of aliphatic hydroxyl groups excluding tert-OH is 1. The number of rotatable bonds is 8. The molecule has 0 aliphatic heterocycles. The fourth-order valence-electron chi connectivity index (χ4n) is 3.10. The lowest BCUT2D eigenvalue weighted by Gasteiger charge is -2.26. The van der Waals surface area contributed by atoms with Crippen molar-refractivity contribution in [3.63, 3.8) is 0 Å². The van der Waals surface area contributed by atoms with Gasteiger partial charge in [0.25, 0.3) is 0 Å². The second-order valence-electron chi connectivity index (χ2n) is 6.02. The van der Waals surface area contributed by atoms with Gasteiger partial charge in [0.1, 0.15) is 0 Å². The van der Waals surface area contributed by atoms with Gasteiger partial charge < -0.3 is 15.3 Å². The van der Waals surface area contributed by atoms with Crippen molar-refractivity contribution in [2.24, 2.45) is 17.8 Å². The lowest BCUT2D eigenvalue weighted by molar-refractivity contribution is -0.144. The van der Waals surface area contributed by atoms with Gasteiger partial charge in [-0.15, -0.1) is 0 Å². The second-order valence-corrected chi connectivity index (χ2v) is 6.02. The summed E-state index contributed by atoms with van der Waals surface area (Å²) in [5.41, 5.74) is 0.959. The largest absolute Gasteiger partial charge is 0.481 e. The molecule has 120 valence electrons. The highest BCUT2D eigenvalue weighted by molar-refractivity contribution is 5.73. The minimum atomic E-state index is -0.954. The van der Waals surface area contributed by atoms with Crippen LogP contribution in [0.5, 0.6) is 0 Å². The van der Waals surface area contributed by atoms with Gasteiger partial charge in [0, 0.05) is 0 Å². The highest BCUT2D eigenvalue weighted by Gasteiger charge is 2.30. The number of carboxylic acid groups (broad SMARTS) is 2. The summed E-state index contributed by atoms with van der Waals surface area (Å²) < 4.78 is 0. The molecule has 4 unspecified atom stereocenters. The van der Waals surface area contributed by atoms with E-state index in [0.29, 0.717) is 12.8 Å². The maximum absolute atomic E-state index is 11.5. The van der Waals surface area contributed by atoms with Crippen molar-refractivity contribution in [2.75, 3.05) is 0 Å². The van der Waals surface area contributed by atoms with Crippen molar-refractivity contribution in [2.45, 2.75) is 58.5 Å². The van der Waals surface area contributed by atoms with Crippen LogP contribution < -0.4 is 0 Å². The number of aliphatic carboxylic acids is 2. The predicted octanol–water partition coefficient (Wildman–Crippen LogP) is 2.69. The molecule has 5 nitrogen and oxygen atoms in total. The Hall–Kier alpha value is -1.36. The van der Waals surface area contributed by atoms with Crippen molar-refractivity contribution in [3.05, 3.63) is 11.6 Å². The lowest BCUT2D eigenvalue weighted by atomic mass is 9.80. The molecule has 0 bridgehead atoms. The quantitative estimate of drug-likeness (QED) is 0.599. The third kappa shape index (κ3) is 5.16. The summed E-state index contributed by atoms with van der Waals surface area (Å²) in [6, 6.07) is 0. The van der Waals surface area contributed by atoms with Crippen molar-refractivity contribution >= 4 is 11.9 Å². The third-order valence-corrected chi connectivity index (χ3v) is 4.51. The van der Waals surface area contributed by atoms with Gasteiger partial charge >= 0.3 is 11.9 Å². The van der Waals surface area contributed by atoms with E-state index in [1.54, 1.807) is 13.8 Å². The number of allylic oxidation sites excluding steroid dienone is 1. The number of hydrogen-bond acceptors (Lipinski definition) is 3. The highest BCUT2D eigenvalue weighted by atomic mass is 16.4. The van der Waals surface area contributed by atoms with E-state index in [-0.39, 0.29) is 0 Å². The van der Waals surface area contributed by atoms with Crippen LogP contribution >= 0.6 is 0 Å². The summed E-state index contributed by atoms with van der Waals surface area (Å²) in [7, 11) is 0. The van der Waals surface area contributed by atoms with E-state index < -0.39 is 35.8 Å². The highest BCUT2D eigenvalue weighted by Crippen LogP contribution is 2.31. The molecule has 0 aromatic heterocycles. The van der Waals surface area contributed by atoms with Crippen LogP contribution in [-0.4, -0.2) is 33.4 Å². The fourth-order valence-corrected chi connectivity index (χ4v) is 3.10. The average molecular weight is 298 g/mol. The van der Waals surface area contributed by atoms with Crippen molar-refractivity contribution in [1.29, 1.82) is 0 Å². The van der Waals surface area contributed by atoms with Crippen molar-refractivity contribution in [3.8, 4) is 0 Å². The Labute approximate surface area is 125 Å². The number of hydrogen-bond donors (Lipinski definition) is 3. The average Bonchev–Trinajstić information content (AvgIpc) is 2.43. The minimum Gasteiger partial charge on any atom is -0.481 e. The first-order chi connectivity index (χ1) is 9.84. The summed E-state index contributed by atoms with van der Waals surface area (Å²) >= 11 is 0. The molecule has 0 heterocycles. The molecule has 1 aliphatic rings. The molecule has 1 rings (SSSR count). The van der Waals surface area contributed by atoms with Gasteiger partial charge in [-0.2, -0.15) is 0 Å². The van der Waals surface area contributed by atoms with E-state index in [4.69, 9.17) is 5.11 Å². The molecule has 0 spiro atoms. The summed E-state index contributed by atoms with van der Waals surface area (Å²) in [4.78, 5) is 22.6. The zero-order valence-electron chi connectivity index (χ0n) is 12.8. The summed E-state index contributed by atoms with van der Waals surface area (Å²) in [5, 5.41) is 28.3. The zero-order chi connectivity index (χ0) is 16.0. The van der Waals surface area contributed by atoms with Gasteiger partial charge in [-0.25, -0.2) is 0 Å². The van der Waals surface area contributed by atoms with Gasteiger partial charge in [0.2, 0.25) is 0 Å². The fraction of sp³-hybridized carbons (Fsp3) is 0.750. The van der Waals surface area contributed by atoms with E-state index in [1.807, 2.05) is 6.08 Å². The Morgan fingerprint density at radius 1 is 1.14 bits per heavy atom. The first kappa shape index (κ1) is 17.7. The van der Waals surface area contributed by atoms with Crippen LogP contribution in [0.1, 0.15) is 52.4 Å². The van der Waals surface area contributed by atoms with Gasteiger partial charge in [0.15, 0.2) is 0 Å². The Balaban J connectivity index is 2.72. The van der Waals surface area contributed by atoms with Crippen LogP contribution in [0.4, 0.5) is 0 Å². The second kappa shape index (κ2) is 8.17. The zero-order valence-corrected chi connectivity index (χ0v) is 12.8. The van der Waals surface area contributed by atoms with Crippen LogP contribution in [0.25, 0.3) is 0 Å². The molecule has 0 radical (unpaired) electrons. The molecule has 21 heavy (non-hydrogen) atoms. The molecule has 4 atom stereocenters. The van der Waals surface area contributed by atoms with E-state index in [2.05, 4.69) is 0 Å². The summed E-state index contributed by atoms with van der Waals surface area (Å²) in [5.74, 6) is -3.46. The topological polar surface area (TPSA) is 94.8 Å². The first-order valence-electron chi connectivity index (χ1n) is 7.67. The predicted molar refractivity (Wildman–Crippen MR) is 78.9 cm³/mol. The first-order valence-corrected chi connectivity index (χ1v) is 7.67. The number of carbonyl (C=O) groups is 2. The monoisotopic (exact) mass is 298 g/mol. The number of aliphatic hydroxyl groups is 1. The van der Waals surface area contributed by atoms with Gasteiger partial charge in [-0.05, 0) is 51.4 Å². The minimum absolute atomic E-state index is 0.383. The van der Waals surface area contributed by atoms with Gasteiger partial charge in [-0.1, -0.05) is 18.6 Å². The number of carboxylic acids is 2. The van der Waals surface area contributed by atoms with E-state index in [9.17, 15) is 19.8 Å². The van der Waals surface area contributed by atoms with Crippen LogP contribution in [0.2, 0.25) is 0 Å². The molecular formula is C16H26O5. The van der Waals surface area contributed by atoms with Crippen molar-refractivity contribution < 1.29 is 24.9 Å². The van der Waals surface area contributed by atoms with Crippen LogP contribution in [0.15, 0.2) is 11.6 Å². The molecule has 0 saturated carbocycles. The molecule has 0 aromatic rings. The standard InChI is InChI=1S/C16H26O5/c1-10(15(18)19)13(11(2)17)8-9-14(16(20)21)12-6-4-3-5-7-12/h6,10-11,13-14,17H,3-5,7-9H2,1-2H3,(H,18,19)(H,20,21). The van der Waals surface area contributed by atoms with Crippen LogP contribution in [0.3, 0.4) is 0 Å². The summed E-state index contributed by atoms with van der Waals surface area (Å²) in [6.45, 7) is 3.13. The van der Waals surface area contributed by atoms with Gasteiger partial charge in [0.05, 0.1) is 17.9 Å². The third-order valence-electron chi connectivity index (χ3n) is 4.51. The van der Waals surface area contributed by atoms with E-state index in [0.717, 1.165) is 31.3 Å². The Kier molecular flexibility index (Phi) is 6.89. The maximum atomic E-state index is 11.5. The molecule has 0 saturated heterocycles. The molecule has 5 heteroatoms. The molecule has 3 N–H and O–H groups in total. The van der Waals surface area contributed by atoms with Crippen LogP contribution in [-0.2, 0) is 9.59 Å². The maximum Gasteiger partial charge on any atom is 0.310 e. The molecule has 0 amide bonds. The Morgan fingerprint density at radius 3 is 2.24 bits per heavy atom. The van der Waals surface area contributed by atoms with Crippen molar-refractivity contribution in [1.82, 2.24) is 0 Å². The lowest BCUT2D eigenvalue weighted by Crippen LogP contribution is -2.30. The molecular weight excluding hydrogens is 272 g/mol. The van der Waals surface area contributed by atoms with E-state index in [1.165, 1.54) is 0 Å². The summed E-state index contributed by atoms with van der Waals surface area (Å²) in [6.07, 6.45) is 5.89. The van der Waals surface area contributed by atoms with Crippen LogP contribution in [0, 0.1) is 17.8 Å². The molecule has 0 fully saturated rings. The molecule has 1 aliphatic carbocycles. The Morgan fingerprint density at radius 2 is 1.81 bits per heavy atom. The van der Waals surface area contributed by atoms with Gasteiger partial charge in [-0.3, -0.25) is 9.59 Å². The smallest absolute Gasteiger partial charge is 0.310 e. The normalized spacial score (nSPS) is 21.0. The Bertz CT molecular complexity index is 399. The van der Waals surface area contributed by atoms with E-state index >= 15 is 0 Å².